The summed E-state index contributed by atoms with van der Waals surface area (Å²) >= 11 is 0. The molecule has 0 spiro atoms. The molecule has 9 heteroatoms. The van der Waals surface area contributed by atoms with Crippen molar-refractivity contribution in [3.05, 3.63) is 0 Å². The summed E-state index contributed by atoms with van der Waals surface area (Å²) in [7, 11) is -4.92. The molecule has 0 aliphatic heterocycles. The Labute approximate surface area is 91.9 Å². The van der Waals surface area contributed by atoms with Gasteiger partial charge in [0.15, 0.2) is 0 Å². The van der Waals surface area contributed by atoms with Gasteiger partial charge in [-0.05, 0) is 0 Å². The normalized spacial score (nSPS) is 9.83. The second-order valence-electron chi connectivity index (χ2n) is 1.45. The van der Waals surface area contributed by atoms with Gasteiger partial charge in [0.25, 0.3) is 0 Å². The minimum Gasteiger partial charge on any atom is -0.726 e. The van der Waals surface area contributed by atoms with Gasteiger partial charge in [-0.3, -0.25) is 4.55 Å². The third kappa shape index (κ3) is 45.3. The van der Waals surface area contributed by atoms with Crippen molar-refractivity contribution in [3.63, 3.8) is 0 Å². The molecule has 0 fully saturated rings. The molecule has 4 N–H and O–H groups in total. The first-order valence-corrected chi connectivity index (χ1v) is 3.75. The van der Waals surface area contributed by atoms with Crippen LogP contribution in [0.4, 0.5) is 0 Å². The first kappa shape index (κ1) is 18.5. The quantitative estimate of drug-likeness (QED) is 0.203. The number of aliphatic hydroxyl groups excluding tert-OH is 3. The van der Waals surface area contributed by atoms with Gasteiger partial charge in [0.2, 0.25) is 10.4 Å². The third-order valence-corrected chi connectivity index (χ3v) is 0.421. The smallest absolute Gasteiger partial charge is 0.726 e. The summed E-state index contributed by atoms with van der Waals surface area (Å²) in [6.07, 6.45) is -0.954. The Bertz CT molecular complexity index is 153. The number of aliphatic hydroxyl groups is 3. The van der Waals surface area contributed by atoms with Gasteiger partial charge in [0, 0.05) is 0 Å². The maximum absolute atomic E-state index is 8.63. The van der Waals surface area contributed by atoms with Crippen LogP contribution in [0.1, 0.15) is 0 Å². The predicted octanol–water partition coefficient (Wildman–Crippen LogP) is -5.66. The molecular weight excluding hydrogens is 203 g/mol. The first-order chi connectivity index (χ1) is 4.81. The summed E-state index contributed by atoms with van der Waals surface area (Å²) < 4.78 is 32.8. The second kappa shape index (κ2) is 9.84. The summed E-state index contributed by atoms with van der Waals surface area (Å²) in [6, 6.07) is 0. The zero-order valence-corrected chi connectivity index (χ0v) is 9.23. The first-order valence-electron chi connectivity index (χ1n) is 2.39. The Kier molecular flexibility index (Phi) is 15.2. The molecule has 0 saturated carbocycles. The van der Waals surface area contributed by atoms with Crippen LogP contribution in [0.15, 0.2) is 0 Å². The Morgan fingerprint density at radius 2 is 1.42 bits per heavy atom. The van der Waals surface area contributed by atoms with Crippen LogP contribution in [0.3, 0.4) is 0 Å². The van der Waals surface area contributed by atoms with E-state index in [2.05, 4.69) is 0 Å². The van der Waals surface area contributed by atoms with Crippen LogP contribution in [0, 0.1) is 0 Å². The molecule has 0 aromatic carbocycles. The van der Waals surface area contributed by atoms with E-state index >= 15 is 0 Å². The van der Waals surface area contributed by atoms with E-state index in [1.54, 1.807) is 0 Å². The van der Waals surface area contributed by atoms with Crippen molar-refractivity contribution < 1.29 is 62.4 Å². The Morgan fingerprint density at radius 3 is 1.42 bits per heavy atom. The van der Waals surface area contributed by atoms with Crippen LogP contribution in [0.5, 0.6) is 0 Å². The molecule has 0 aliphatic rings. The van der Waals surface area contributed by atoms with Gasteiger partial charge in [0.1, 0.15) is 6.10 Å². The van der Waals surface area contributed by atoms with Gasteiger partial charge >= 0.3 is 29.6 Å². The predicted molar refractivity (Wildman–Crippen MR) is 32.5 cm³/mol. The molecule has 0 rings (SSSR count). The zero-order chi connectivity index (χ0) is 9.49. The fraction of sp³-hybridized carbons (Fsp3) is 1.00. The van der Waals surface area contributed by atoms with Crippen LogP contribution in [-0.2, 0) is 10.4 Å². The van der Waals surface area contributed by atoms with Crippen LogP contribution in [-0.4, -0.2) is 52.2 Å². The standard InChI is InChI=1S/C3H8O3.Na.H2O4S/c4-1-3(6)2-5;;1-5(2,3)4/h3-6H,1-2H2;;(H2,1,2,3,4)/q;+1;/p-1. The van der Waals surface area contributed by atoms with E-state index in [1.165, 1.54) is 0 Å². The minimum atomic E-state index is -4.92. The molecule has 0 heterocycles. The summed E-state index contributed by atoms with van der Waals surface area (Å²) in [6.45, 7) is -0.729. The van der Waals surface area contributed by atoms with E-state index in [4.69, 9.17) is 32.8 Å². The average Bonchev–Trinajstić information content (AvgIpc) is 1.83. The maximum Gasteiger partial charge on any atom is 1.00 e. The summed E-state index contributed by atoms with van der Waals surface area (Å²) in [4.78, 5) is 0. The van der Waals surface area contributed by atoms with E-state index in [0.717, 1.165) is 0 Å². The molecule has 0 aromatic heterocycles. The summed E-state index contributed by atoms with van der Waals surface area (Å²) in [5.74, 6) is 0. The Hall–Kier alpha value is 0.750. The summed E-state index contributed by atoms with van der Waals surface area (Å²) in [5, 5.41) is 24.0. The third-order valence-electron chi connectivity index (χ3n) is 0.421. The molecule has 7 nitrogen and oxygen atoms in total. The molecule has 0 amide bonds. The van der Waals surface area contributed by atoms with E-state index < -0.39 is 16.5 Å². The molecule has 0 radical (unpaired) electrons. The molecule has 0 bridgehead atoms. The molecule has 70 valence electrons. The molecular formula is C3H9NaO7S. The van der Waals surface area contributed by atoms with E-state index in [1.807, 2.05) is 0 Å². The molecule has 0 aromatic rings. The van der Waals surface area contributed by atoms with Crippen molar-refractivity contribution in [2.45, 2.75) is 6.10 Å². The van der Waals surface area contributed by atoms with Gasteiger partial charge < -0.3 is 19.9 Å². The van der Waals surface area contributed by atoms with Crippen molar-refractivity contribution in [2.24, 2.45) is 0 Å². The fourth-order valence-electron chi connectivity index (χ4n) is 0.0577. The van der Waals surface area contributed by atoms with Crippen molar-refractivity contribution in [3.8, 4) is 0 Å². The van der Waals surface area contributed by atoms with Gasteiger partial charge in [-0.25, -0.2) is 8.42 Å². The maximum atomic E-state index is 8.63. The molecule has 0 unspecified atom stereocenters. The van der Waals surface area contributed by atoms with E-state index in [9.17, 15) is 0 Å². The second-order valence-corrected chi connectivity index (χ2v) is 2.30. The minimum absolute atomic E-state index is 0. The van der Waals surface area contributed by atoms with Gasteiger partial charge in [0.05, 0.1) is 13.2 Å². The van der Waals surface area contributed by atoms with Gasteiger partial charge in [-0.1, -0.05) is 0 Å². The zero-order valence-electron chi connectivity index (χ0n) is 6.41. The fourth-order valence-corrected chi connectivity index (χ4v) is 0.0577. The number of hydrogen-bond acceptors (Lipinski definition) is 6. The van der Waals surface area contributed by atoms with E-state index in [0.29, 0.717) is 0 Å². The van der Waals surface area contributed by atoms with Crippen molar-refractivity contribution in [1.29, 1.82) is 0 Å². The number of rotatable bonds is 2. The van der Waals surface area contributed by atoms with Gasteiger partial charge in [-0.15, -0.1) is 0 Å². The molecule has 0 aliphatic carbocycles. The van der Waals surface area contributed by atoms with Crippen LogP contribution in [0.2, 0.25) is 0 Å². The Balaban J connectivity index is -0.000000126. The monoisotopic (exact) mass is 212 g/mol. The largest absolute Gasteiger partial charge is 1.00 e. The van der Waals surface area contributed by atoms with Gasteiger partial charge in [-0.2, -0.15) is 0 Å². The van der Waals surface area contributed by atoms with Crippen LogP contribution in [0.25, 0.3) is 0 Å². The van der Waals surface area contributed by atoms with Crippen LogP contribution < -0.4 is 29.6 Å². The topological polar surface area (TPSA) is 138 Å². The number of hydrogen-bond donors (Lipinski definition) is 4. The molecule has 0 atom stereocenters. The SMILES string of the molecule is O=S(=O)([O-])O.OCC(O)CO.[Na+]. The average molecular weight is 212 g/mol. The molecule has 0 saturated heterocycles. The molecule has 12 heavy (non-hydrogen) atoms. The van der Waals surface area contributed by atoms with Crippen LogP contribution >= 0.6 is 0 Å². The van der Waals surface area contributed by atoms with Crippen molar-refractivity contribution in [2.75, 3.05) is 13.2 Å². The van der Waals surface area contributed by atoms with E-state index in [-0.39, 0.29) is 42.8 Å². The van der Waals surface area contributed by atoms with Crippen molar-refractivity contribution in [1.82, 2.24) is 0 Å². The Morgan fingerprint density at radius 1 is 1.25 bits per heavy atom. The summed E-state index contributed by atoms with van der Waals surface area (Å²) in [5.41, 5.74) is 0. The van der Waals surface area contributed by atoms with Crippen molar-refractivity contribution >= 4 is 10.4 Å².